The van der Waals surface area contributed by atoms with Gasteiger partial charge in [-0.2, -0.15) is 9.79 Å². The second-order valence-corrected chi connectivity index (χ2v) is 14.9. The van der Waals surface area contributed by atoms with Crippen molar-refractivity contribution in [2.75, 3.05) is 19.8 Å². The van der Waals surface area contributed by atoms with Gasteiger partial charge in [0.15, 0.2) is 6.10 Å². The van der Waals surface area contributed by atoms with Gasteiger partial charge in [0.25, 0.3) is 0 Å². The van der Waals surface area contributed by atoms with Crippen molar-refractivity contribution in [1.82, 2.24) is 0 Å². The molecule has 0 amide bonds. The van der Waals surface area contributed by atoms with Crippen molar-refractivity contribution in [3.8, 4) is 0 Å². The molecular weight excluding hydrogens is 641 g/mol. The van der Waals surface area contributed by atoms with E-state index in [9.17, 15) is 19.4 Å². The fraction of sp³-hybridized carbons (Fsp3) is 0.872. The lowest BCUT2D eigenvalue weighted by molar-refractivity contribution is -0.161. The van der Waals surface area contributed by atoms with Crippen LogP contribution in [0.1, 0.15) is 194 Å². The van der Waals surface area contributed by atoms with E-state index >= 15 is 0 Å². The summed E-state index contributed by atoms with van der Waals surface area (Å²) >= 11 is 0. The van der Waals surface area contributed by atoms with Gasteiger partial charge in [-0.25, -0.2) is 0 Å². The SMILES string of the molecule is CCCCCCCC/C=C/CCCCCCCC(=O)O[C@H](COC(=O)CCCCCCCCCCCCCCC)CO[P+](O)(O)OCC=N. The monoisotopic (exact) mass is 717 g/mol. The smallest absolute Gasteiger partial charge is 0.462 e. The Morgan fingerprint density at radius 3 is 1.43 bits per heavy atom. The standard InChI is InChI=1S/C39H75NO8P/c1-3-5-7-9-11-13-15-17-18-20-22-24-26-28-30-32-39(42)48-37(36-47-49(43,44)46-34-33-40)35-45-38(41)31-29-27-25-23-21-19-16-14-12-10-8-6-4-2/h17-18,33,37,40,43-44H,3-16,19-32,34-36H2,1-2H3/q+1/b18-17+,40-33?/t37-/m1/s1. The number of carbonyl (C=O) groups is 2. The number of rotatable bonds is 38. The Bertz CT molecular complexity index is 795. The van der Waals surface area contributed by atoms with E-state index in [1.807, 2.05) is 0 Å². The number of unbranched alkanes of at least 4 members (excludes halogenated alkanes) is 23. The quantitative estimate of drug-likeness (QED) is 0.0189. The second kappa shape index (κ2) is 36.4. The third kappa shape index (κ3) is 36.2. The molecule has 0 bridgehead atoms. The zero-order valence-electron chi connectivity index (χ0n) is 31.5. The topological polar surface area (TPSA) is 135 Å². The zero-order chi connectivity index (χ0) is 36.1. The van der Waals surface area contributed by atoms with Crippen molar-refractivity contribution in [1.29, 1.82) is 5.41 Å². The van der Waals surface area contributed by atoms with Gasteiger partial charge in [-0.05, 0) is 38.5 Å². The highest BCUT2D eigenvalue weighted by molar-refractivity contribution is 7.54. The Balaban J connectivity index is 4.19. The van der Waals surface area contributed by atoms with Crippen LogP contribution in [0.25, 0.3) is 0 Å². The summed E-state index contributed by atoms with van der Waals surface area (Å²) in [6, 6.07) is 0. The Morgan fingerprint density at radius 2 is 0.980 bits per heavy atom. The van der Waals surface area contributed by atoms with Gasteiger partial charge >= 0.3 is 20.1 Å². The number of esters is 2. The van der Waals surface area contributed by atoms with Crippen molar-refractivity contribution < 1.29 is 37.9 Å². The molecule has 0 rings (SSSR count). The first-order chi connectivity index (χ1) is 23.8. The molecule has 288 valence electrons. The number of hydrogen-bond acceptors (Lipinski definition) is 9. The molecule has 10 heteroatoms. The molecule has 0 radical (unpaired) electrons. The molecule has 0 aromatic rings. The van der Waals surface area contributed by atoms with E-state index in [0.717, 1.165) is 57.6 Å². The fourth-order valence-corrected chi connectivity index (χ4v) is 6.30. The van der Waals surface area contributed by atoms with Crippen molar-refractivity contribution in [2.24, 2.45) is 0 Å². The number of ether oxygens (including phenoxy) is 2. The minimum atomic E-state index is -4.19. The third-order valence-electron chi connectivity index (χ3n) is 8.61. The van der Waals surface area contributed by atoms with Gasteiger partial charge in [-0.1, -0.05) is 154 Å². The highest BCUT2D eigenvalue weighted by atomic mass is 31.2. The van der Waals surface area contributed by atoms with Crippen molar-refractivity contribution >= 4 is 26.3 Å². The summed E-state index contributed by atoms with van der Waals surface area (Å²) in [5.74, 6) is -0.825. The number of nitrogens with one attached hydrogen (secondary N) is 1. The maximum Gasteiger partial charge on any atom is 0.570 e. The predicted octanol–water partition coefficient (Wildman–Crippen LogP) is 11.3. The van der Waals surface area contributed by atoms with Gasteiger partial charge in [0.1, 0.15) is 19.8 Å². The van der Waals surface area contributed by atoms with Gasteiger partial charge in [-0.15, -0.1) is 9.05 Å². The predicted molar refractivity (Wildman–Crippen MR) is 203 cm³/mol. The van der Waals surface area contributed by atoms with Gasteiger partial charge in [0.2, 0.25) is 0 Å². The number of hydrogen-bond donors (Lipinski definition) is 3. The lowest BCUT2D eigenvalue weighted by Crippen LogP contribution is -2.30. The van der Waals surface area contributed by atoms with Gasteiger partial charge in [0.05, 0.1) is 0 Å². The molecule has 9 nitrogen and oxygen atoms in total. The van der Waals surface area contributed by atoms with E-state index in [-0.39, 0.29) is 32.0 Å². The first kappa shape index (κ1) is 47.6. The molecule has 0 fully saturated rings. The zero-order valence-corrected chi connectivity index (χ0v) is 32.4. The molecule has 0 aromatic heterocycles. The molecule has 0 aliphatic carbocycles. The highest BCUT2D eigenvalue weighted by Crippen LogP contribution is 2.52. The summed E-state index contributed by atoms with van der Waals surface area (Å²) in [5.41, 5.74) is 0. The van der Waals surface area contributed by atoms with Crippen LogP contribution in [0.4, 0.5) is 0 Å². The maximum atomic E-state index is 12.5. The largest absolute Gasteiger partial charge is 0.570 e. The van der Waals surface area contributed by atoms with Crippen LogP contribution < -0.4 is 0 Å². The highest BCUT2D eigenvalue weighted by Gasteiger charge is 2.40. The molecule has 0 aliphatic rings. The van der Waals surface area contributed by atoms with Crippen LogP contribution >= 0.6 is 8.17 Å². The lowest BCUT2D eigenvalue weighted by atomic mass is 10.0. The minimum absolute atomic E-state index is 0.227. The maximum absolute atomic E-state index is 12.5. The summed E-state index contributed by atoms with van der Waals surface area (Å²) in [6.45, 7) is 3.53. The summed E-state index contributed by atoms with van der Waals surface area (Å²) in [6.07, 6.45) is 36.1. The average Bonchev–Trinajstić information content (AvgIpc) is 3.08. The molecule has 1 atom stereocenters. The fourth-order valence-electron chi connectivity index (χ4n) is 5.60. The molecule has 49 heavy (non-hydrogen) atoms. The molecule has 0 saturated carbocycles. The van der Waals surface area contributed by atoms with Gasteiger partial charge in [-0.3, -0.25) is 9.59 Å². The number of carbonyl (C=O) groups excluding carboxylic acids is 2. The van der Waals surface area contributed by atoms with E-state index < -0.39 is 26.9 Å². The molecule has 0 saturated heterocycles. The minimum Gasteiger partial charge on any atom is -0.462 e. The van der Waals surface area contributed by atoms with Crippen molar-refractivity contribution in [2.45, 2.75) is 200 Å². The Labute approximate surface area is 300 Å². The van der Waals surface area contributed by atoms with E-state index in [4.69, 9.17) is 23.9 Å². The van der Waals surface area contributed by atoms with E-state index in [1.165, 1.54) is 109 Å². The first-order valence-corrected chi connectivity index (χ1v) is 21.5. The molecular formula is C39H75NO8P+. The van der Waals surface area contributed by atoms with Crippen LogP contribution in [0.5, 0.6) is 0 Å². The average molecular weight is 717 g/mol. The lowest BCUT2D eigenvalue weighted by Gasteiger charge is -2.18. The normalized spacial score (nSPS) is 12.4. The van der Waals surface area contributed by atoms with Crippen LogP contribution in [0, 0.1) is 5.41 Å². The van der Waals surface area contributed by atoms with Crippen LogP contribution in [-0.2, 0) is 28.1 Å². The summed E-state index contributed by atoms with van der Waals surface area (Å²) in [4.78, 5) is 44.7. The van der Waals surface area contributed by atoms with Crippen LogP contribution in [0.15, 0.2) is 12.2 Å². The summed E-state index contributed by atoms with van der Waals surface area (Å²) in [7, 11) is -4.19. The second-order valence-electron chi connectivity index (χ2n) is 13.4. The van der Waals surface area contributed by atoms with E-state index in [1.54, 1.807) is 0 Å². The molecule has 0 aromatic carbocycles. The van der Waals surface area contributed by atoms with Crippen molar-refractivity contribution in [3.63, 3.8) is 0 Å². The molecule has 0 heterocycles. The summed E-state index contributed by atoms with van der Waals surface area (Å²) < 4.78 is 20.7. The Hall–Kier alpha value is -1.38. The van der Waals surface area contributed by atoms with Crippen molar-refractivity contribution in [3.05, 3.63) is 12.2 Å². The molecule has 0 spiro atoms. The van der Waals surface area contributed by atoms with Gasteiger partial charge in [0, 0.05) is 19.1 Å². The van der Waals surface area contributed by atoms with Gasteiger partial charge < -0.3 is 14.9 Å². The Morgan fingerprint density at radius 1 is 0.571 bits per heavy atom. The summed E-state index contributed by atoms with van der Waals surface area (Å²) in [5, 5.41) is 7.00. The molecule has 0 unspecified atom stereocenters. The molecule has 3 N–H and O–H groups in total. The van der Waals surface area contributed by atoms with Crippen LogP contribution in [0.2, 0.25) is 0 Å². The van der Waals surface area contributed by atoms with E-state index in [2.05, 4.69) is 26.0 Å². The van der Waals surface area contributed by atoms with E-state index in [0.29, 0.717) is 6.42 Å². The first-order valence-electron chi connectivity index (χ1n) is 20.0. The number of allylic oxidation sites excluding steroid dienone is 2. The third-order valence-corrected chi connectivity index (χ3v) is 9.58. The van der Waals surface area contributed by atoms with Crippen LogP contribution in [0.3, 0.4) is 0 Å². The van der Waals surface area contributed by atoms with Crippen LogP contribution in [-0.4, -0.2) is 53.9 Å². The molecule has 0 aliphatic heterocycles. The Kier molecular flexibility index (Phi) is 35.4.